The van der Waals surface area contributed by atoms with Gasteiger partial charge in [-0.25, -0.2) is 0 Å². The summed E-state index contributed by atoms with van der Waals surface area (Å²) in [6.45, 7) is 26.1. The predicted octanol–water partition coefficient (Wildman–Crippen LogP) is 15.9. The van der Waals surface area contributed by atoms with Crippen molar-refractivity contribution in [1.29, 1.82) is 0 Å². The molecule has 0 aromatic rings. The molecule has 0 aromatic heterocycles. The second kappa shape index (κ2) is 44.9. The van der Waals surface area contributed by atoms with Crippen LogP contribution in [0.5, 0.6) is 0 Å². The van der Waals surface area contributed by atoms with E-state index in [1.807, 2.05) is 0 Å². The first-order chi connectivity index (χ1) is 36.9. The standard InChI is InChI=1S/C65H126N4O7/c1-9-15-19-23-27-31-48-73-61(74-49-32-28-24-20-16-10-2)39-37-59(71)67-45-42-64(8)53-57-52-63(7,41-44-66-58(70)36-35-47-69(13-5)14-6)55-65(54-57,56-64)43-46-68-60(72)38-40-62(75-50-33-29-25-21-17-11-3)76-51-34-30-26-22-18-12-4/h57,61-62H,9-56H2,1-8H3,(H,66,70)(H,67,71)(H,68,72). The zero-order chi connectivity index (χ0) is 55.4. The lowest BCUT2D eigenvalue weighted by atomic mass is 9.47. The topological polar surface area (TPSA) is 127 Å². The molecule has 76 heavy (non-hydrogen) atoms. The van der Waals surface area contributed by atoms with Gasteiger partial charge in [-0.05, 0) is 125 Å². The number of ether oxygens (including phenoxy) is 4. The van der Waals surface area contributed by atoms with E-state index in [0.717, 1.165) is 96.7 Å². The minimum absolute atomic E-state index is 0.0760. The van der Waals surface area contributed by atoms with Crippen molar-refractivity contribution in [1.82, 2.24) is 20.9 Å². The van der Waals surface area contributed by atoms with Crippen molar-refractivity contribution < 1.29 is 33.3 Å². The number of rotatable bonds is 53. The Balaban J connectivity index is 2.06. The molecule has 0 aromatic carbocycles. The van der Waals surface area contributed by atoms with Gasteiger partial charge in [0.15, 0.2) is 12.6 Å². The summed E-state index contributed by atoms with van der Waals surface area (Å²) in [6.07, 6.45) is 40.5. The maximum Gasteiger partial charge on any atom is 0.220 e. The average Bonchev–Trinajstić information content (AvgIpc) is 3.38. The largest absolute Gasteiger partial charge is 0.356 e. The molecule has 3 amide bonds. The fraction of sp³-hybridized carbons (Fsp3) is 0.954. The molecule has 11 nitrogen and oxygen atoms in total. The number of amides is 3. The molecule has 11 heteroatoms. The van der Waals surface area contributed by atoms with Crippen LogP contribution < -0.4 is 16.0 Å². The molecule has 2 saturated carbocycles. The molecular formula is C65H126N4O7. The molecule has 0 radical (unpaired) electrons. The third kappa shape index (κ3) is 35.1. The number of fused-ring (bicyclic) bond motifs is 2. The van der Waals surface area contributed by atoms with Gasteiger partial charge in [-0.3, -0.25) is 14.4 Å². The van der Waals surface area contributed by atoms with Gasteiger partial charge in [-0.1, -0.05) is 184 Å². The maximum atomic E-state index is 13.6. The first-order valence-electron chi connectivity index (χ1n) is 32.8. The average molecular weight is 1080 g/mol. The zero-order valence-corrected chi connectivity index (χ0v) is 51.5. The smallest absolute Gasteiger partial charge is 0.220 e. The molecule has 0 heterocycles. The quantitative estimate of drug-likeness (QED) is 0.0406. The van der Waals surface area contributed by atoms with Crippen molar-refractivity contribution in [3.63, 3.8) is 0 Å². The molecule has 0 aliphatic heterocycles. The lowest BCUT2D eigenvalue weighted by Crippen LogP contribution is -2.50. The number of carbonyl (C=O) groups is 3. The Kier molecular flexibility index (Phi) is 41.5. The number of unbranched alkanes of at least 4 members (excludes halogenated alkanes) is 20. The van der Waals surface area contributed by atoms with Crippen LogP contribution in [0, 0.1) is 22.2 Å². The summed E-state index contributed by atoms with van der Waals surface area (Å²) in [5.74, 6) is 0.892. The zero-order valence-electron chi connectivity index (χ0n) is 51.5. The molecule has 2 rings (SSSR count). The molecule has 4 atom stereocenters. The van der Waals surface area contributed by atoms with E-state index in [0.29, 0.717) is 84.1 Å². The summed E-state index contributed by atoms with van der Waals surface area (Å²) in [5.41, 5.74) is 0.264. The minimum Gasteiger partial charge on any atom is -0.356 e. The van der Waals surface area contributed by atoms with E-state index in [1.165, 1.54) is 135 Å². The molecule has 2 fully saturated rings. The molecule has 3 N–H and O–H groups in total. The van der Waals surface area contributed by atoms with Crippen LogP contribution in [0.2, 0.25) is 0 Å². The van der Waals surface area contributed by atoms with Crippen LogP contribution in [0.15, 0.2) is 0 Å². The Morgan fingerprint density at radius 1 is 0.434 bits per heavy atom. The second-order valence-corrected chi connectivity index (χ2v) is 24.9. The summed E-state index contributed by atoms with van der Waals surface area (Å²) in [7, 11) is 0. The van der Waals surface area contributed by atoms with Crippen molar-refractivity contribution >= 4 is 17.7 Å². The Bertz CT molecular complexity index is 1380. The van der Waals surface area contributed by atoms with E-state index >= 15 is 0 Å². The molecule has 0 spiro atoms. The van der Waals surface area contributed by atoms with Gasteiger partial charge in [0, 0.05) is 78.2 Å². The Labute approximate surface area is 469 Å². The lowest BCUT2D eigenvalue weighted by Gasteiger charge is -2.58. The normalized spacial score (nSPS) is 20.5. The summed E-state index contributed by atoms with van der Waals surface area (Å²) in [4.78, 5) is 42.5. The summed E-state index contributed by atoms with van der Waals surface area (Å²) < 4.78 is 25.1. The van der Waals surface area contributed by atoms with E-state index in [2.05, 4.69) is 76.2 Å². The van der Waals surface area contributed by atoms with Crippen LogP contribution in [-0.2, 0) is 33.3 Å². The van der Waals surface area contributed by atoms with Crippen molar-refractivity contribution in [3.05, 3.63) is 0 Å². The van der Waals surface area contributed by atoms with Crippen molar-refractivity contribution in [2.75, 3.05) is 65.7 Å². The van der Waals surface area contributed by atoms with Gasteiger partial charge >= 0.3 is 0 Å². The van der Waals surface area contributed by atoms with E-state index < -0.39 is 0 Å². The third-order valence-corrected chi connectivity index (χ3v) is 17.2. The van der Waals surface area contributed by atoms with Crippen LogP contribution in [0.25, 0.3) is 0 Å². The van der Waals surface area contributed by atoms with Crippen LogP contribution in [0.4, 0.5) is 0 Å². The number of nitrogens with zero attached hydrogens (tertiary/aromatic N) is 1. The van der Waals surface area contributed by atoms with Crippen LogP contribution in [-0.4, -0.2) is 101 Å². The van der Waals surface area contributed by atoms with Crippen LogP contribution in [0.1, 0.15) is 299 Å². The van der Waals surface area contributed by atoms with E-state index in [9.17, 15) is 14.4 Å². The molecule has 448 valence electrons. The predicted molar refractivity (Wildman–Crippen MR) is 318 cm³/mol. The van der Waals surface area contributed by atoms with Gasteiger partial charge in [0.1, 0.15) is 0 Å². The van der Waals surface area contributed by atoms with Crippen molar-refractivity contribution in [2.45, 2.75) is 312 Å². The summed E-state index contributed by atoms with van der Waals surface area (Å²) in [6, 6.07) is 0. The number of hydrogen-bond donors (Lipinski definition) is 3. The fourth-order valence-corrected chi connectivity index (χ4v) is 13.1. The van der Waals surface area contributed by atoms with Gasteiger partial charge in [0.05, 0.1) is 0 Å². The Morgan fingerprint density at radius 2 is 0.763 bits per heavy atom. The van der Waals surface area contributed by atoms with Gasteiger partial charge in [0.2, 0.25) is 17.7 Å². The van der Waals surface area contributed by atoms with Crippen molar-refractivity contribution in [3.8, 4) is 0 Å². The molecule has 2 bridgehead atoms. The molecule has 0 saturated heterocycles. The SMILES string of the molecule is CCCCCCCCOC(CCC(=O)NCCC1(C)CC2CC(C)(CCNC(=O)CCCN(CC)CC)CC(CCNC(=O)CCC(OCCCCCCCC)OCCCCCCCC)(C2)C1)OCCCCCCCC. The van der Waals surface area contributed by atoms with Gasteiger partial charge in [-0.15, -0.1) is 0 Å². The highest BCUT2D eigenvalue weighted by Crippen LogP contribution is 2.63. The van der Waals surface area contributed by atoms with Gasteiger partial charge in [0.25, 0.3) is 0 Å². The van der Waals surface area contributed by atoms with E-state index in [-0.39, 0.29) is 46.5 Å². The lowest BCUT2D eigenvalue weighted by molar-refractivity contribution is -0.151. The van der Waals surface area contributed by atoms with E-state index in [1.54, 1.807) is 0 Å². The van der Waals surface area contributed by atoms with Gasteiger partial charge in [-0.2, -0.15) is 0 Å². The summed E-state index contributed by atoms with van der Waals surface area (Å²) in [5, 5.41) is 9.99. The minimum atomic E-state index is -0.342. The molecular weight excluding hydrogens is 949 g/mol. The highest BCUT2D eigenvalue weighted by molar-refractivity contribution is 5.76. The number of hydrogen-bond acceptors (Lipinski definition) is 8. The maximum absolute atomic E-state index is 13.6. The molecule has 2 aliphatic rings. The third-order valence-electron chi connectivity index (χ3n) is 17.2. The second-order valence-electron chi connectivity index (χ2n) is 24.9. The van der Waals surface area contributed by atoms with Crippen LogP contribution in [0.3, 0.4) is 0 Å². The van der Waals surface area contributed by atoms with E-state index in [4.69, 9.17) is 18.9 Å². The number of nitrogens with one attached hydrogen (secondary N) is 3. The van der Waals surface area contributed by atoms with Crippen molar-refractivity contribution in [2.24, 2.45) is 22.2 Å². The molecule has 4 unspecified atom stereocenters. The fourth-order valence-electron chi connectivity index (χ4n) is 13.1. The van der Waals surface area contributed by atoms with Gasteiger partial charge < -0.3 is 39.8 Å². The molecule has 2 aliphatic carbocycles. The monoisotopic (exact) mass is 1070 g/mol. The highest BCUT2D eigenvalue weighted by Gasteiger charge is 2.53. The van der Waals surface area contributed by atoms with Crippen LogP contribution >= 0.6 is 0 Å². The summed E-state index contributed by atoms with van der Waals surface area (Å²) >= 11 is 0. The Hall–Kier alpha value is -1.79. The first-order valence-corrected chi connectivity index (χ1v) is 32.8. The number of carbonyl (C=O) groups excluding carboxylic acids is 3. The highest BCUT2D eigenvalue weighted by atomic mass is 16.7. The Morgan fingerprint density at radius 3 is 1.12 bits per heavy atom. The first kappa shape index (κ1) is 70.3.